The third-order valence-electron chi connectivity index (χ3n) is 3.98. The van der Waals surface area contributed by atoms with E-state index in [0.717, 1.165) is 33.9 Å². The molecule has 0 aliphatic carbocycles. The van der Waals surface area contributed by atoms with Gasteiger partial charge in [0.2, 0.25) is 0 Å². The Labute approximate surface area is 124 Å². The minimum absolute atomic E-state index is 0.663. The largest absolute Gasteiger partial charge is 0.398 e. The van der Waals surface area contributed by atoms with Crippen molar-refractivity contribution in [3.63, 3.8) is 0 Å². The highest BCUT2D eigenvalue weighted by atomic mass is 79.9. The van der Waals surface area contributed by atoms with Crippen molar-refractivity contribution in [3.8, 4) is 0 Å². The van der Waals surface area contributed by atoms with Crippen molar-refractivity contribution in [1.82, 2.24) is 4.90 Å². The van der Waals surface area contributed by atoms with E-state index < -0.39 is 0 Å². The highest BCUT2D eigenvalue weighted by Gasteiger charge is 2.23. The van der Waals surface area contributed by atoms with Gasteiger partial charge in [-0.1, -0.05) is 0 Å². The molecule has 3 nitrogen and oxygen atoms in total. The normalized spacial score (nSPS) is 20.2. The predicted octanol–water partition coefficient (Wildman–Crippen LogP) is 3.48. The number of hydrogen-bond acceptors (Lipinski definition) is 3. The van der Waals surface area contributed by atoms with Crippen molar-refractivity contribution in [1.29, 1.82) is 0 Å². The molecule has 0 bridgehead atoms. The first-order valence-electron chi connectivity index (χ1n) is 7.01. The van der Waals surface area contributed by atoms with Crippen LogP contribution in [0, 0.1) is 12.8 Å². The van der Waals surface area contributed by atoms with E-state index in [0.29, 0.717) is 6.04 Å². The maximum Gasteiger partial charge on any atom is 0.0488 e. The second-order valence-electron chi connectivity index (χ2n) is 5.81. The number of likely N-dealkylation sites (tertiary alicyclic amines) is 1. The smallest absolute Gasteiger partial charge is 0.0488 e. The van der Waals surface area contributed by atoms with Gasteiger partial charge in [-0.05, 0) is 73.3 Å². The standard InChI is InChI=1S/C15H24BrN3/c1-10(2)19-5-4-12(9-19)8-18-15-6-11(3)14(17)7-13(15)16/h6-7,10,12,18H,4-5,8-9,17H2,1-3H3. The van der Waals surface area contributed by atoms with Gasteiger partial charge in [-0.15, -0.1) is 0 Å². The van der Waals surface area contributed by atoms with Crippen molar-refractivity contribution in [3.05, 3.63) is 22.2 Å². The van der Waals surface area contributed by atoms with Crippen LogP contribution < -0.4 is 11.1 Å². The zero-order valence-corrected chi connectivity index (χ0v) is 13.6. The fraction of sp³-hybridized carbons (Fsp3) is 0.600. The molecule has 0 spiro atoms. The van der Waals surface area contributed by atoms with Gasteiger partial charge in [-0.2, -0.15) is 0 Å². The van der Waals surface area contributed by atoms with Crippen LogP contribution in [0.25, 0.3) is 0 Å². The number of anilines is 2. The monoisotopic (exact) mass is 325 g/mol. The number of benzene rings is 1. The van der Waals surface area contributed by atoms with Gasteiger partial charge in [-0.25, -0.2) is 0 Å². The van der Waals surface area contributed by atoms with Crippen LogP contribution in [0.15, 0.2) is 16.6 Å². The summed E-state index contributed by atoms with van der Waals surface area (Å²) in [5, 5.41) is 3.55. The van der Waals surface area contributed by atoms with Crippen LogP contribution in [0.4, 0.5) is 11.4 Å². The van der Waals surface area contributed by atoms with Crippen molar-refractivity contribution < 1.29 is 0 Å². The molecule has 1 aromatic carbocycles. The zero-order valence-electron chi connectivity index (χ0n) is 12.0. The summed E-state index contributed by atoms with van der Waals surface area (Å²) in [6, 6.07) is 4.76. The molecule has 0 amide bonds. The summed E-state index contributed by atoms with van der Waals surface area (Å²) in [5.74, 6) is 0.743. The summed E-state index contributed by atoms with van der Waals surface area (Å²) in [6.45, 7) is 10.1. The molecule has 1 atom stereocenters. The van der Waals surface area contributed by atoms with Crippen LogP contribution in [0.5, 0.6) is 0 Å². The second-order valence-corrected chi connectivity index (χ2v) is 6.67. The van der Waals surface area contributed by atoms with Gasteiger partial charge in [0.15, 0.2) is 0 Å². The Morgan fingerprint density at radius 3 is 2.84 bits per heavy atom. The Balaban J connectivity index is 1.91. The van der Waals surface area contributed by atoms with E-state index in [-0.39, 0.29) is 0 Å². The molecular formula is C15H24BrN3. The Hall–Kier alpha value is -0.740. The quantitative estimate of drug-likeness (QED) is 0.833. The molecule has 1 unspecified atom stereocenters. The van der Waals surface area contributed by atoms with Crippen molar-refractivity contribution in [2.75, 3.05) is 30.7 Å². The summed E-state index contributed by atoms with van der Waals surface area (Å²) in [4.78, 5) is 2.55. The van der Waals surface area contributed by atoms with Crippen LogP contribution >= 0.6 is 15.9 Å². The van der Waals surface area contributed by atoms with Crippen molar-refractivity contribution >= 4 is 27.3 Å². The van der Waals surface area contributed by atoms with Crippen LogP contribution in [0.2, 0.25) is 0 Å². The van der Waals surface area contributed by atoms with E-state index in [2.05, 4.69) is 46.1 Å². The van der Waals surface area contributed by atoms with Crippen LogP contribution in [-0.2, 0) is 0 Å². The predicted molar refractivity (Wildman–Crippen MR) is 86.6 cm³/mol. The lowest BCUT2D eigenvalue weighted by atomic mass is 10.1. The number of nitrogens with two attached hydrogens (primary N) is 1. The highest BCUT2D eigenvalue weighted by Crippen LogP contribution is 2.28. The molecule has 2 rings (SSSR count). The molecule has 1 aromatic rings. The zero-order chi connectivity index (χ0) is 14.0. The number of rotatable bonds is 4. The molecule has 0 saturated carbocycles. The summed E-state index contributed by atoms with van der Waals surface area (Å²) in [7, 11) is 0. The van der Waals surface area contributed by atoms with Crippen molar-refractivity contribution in [2.24, 2.45) is 5.92 Å². The van der Waals surface area contributed by atoms with Gasteiger partial charge >= 0.3 is 0 Å². The van der Waals surface area contributed by atoms with Gasteiger partial charge < -0.3 is 16.0 Å². The maximum atomic E-state index is 5.89. The lowest BCUT2D eigenvalue weighted by molar-refractivity contribution is 0.266. The molecular weight excluding hydrogens is 302 g/mol. The van der Waals surface area contributed by atoms with Crippen LogP contribution in [-0.4, -0.2) is 30.6 Å². The van der Waals surface area contributed by atoms with E-state index in [4.69, 9.17) is 5.73 Å². The Bertz CT molecular complexity index is 445. The SMILES string of the molecule is Cc1cc(NCC2CCN(C(C)C)C2)c(Br)cc1N. The lowest BCUT2D eigenvalue weighted by Crippen LogP contribution is -2.29. The Morgan fingerprint density at radius 1 is 1.47 bits per heavy atom. The first-order chi connectivity index (χ1) is 8.97. The minimum Gasteiger partial charge on any atom is -0.398 e. The Morgan fingerprint density at radius 2 is 2.21 bits per heavy atom. The van der Waals surface area contributed by atoms with Gasteiger partial charge in [0, 0.05) is 35.0 Å². The van der Waals surface area contributed by atoms with E-state index in [1.165, 1.54) is 19.5 Å². The molecule has 4 heteroatoms. The summed E-state index contributed by atoms with van der Waals surface area (Å²) in [5.41, 5.74) is 9.01. The average molecular weight is 326 g/mol. The number of hydrogen-bond donors (Lipinski definition) is 2. The lowest BCUT2D eigenvalue weighted by Gasteiger charge is -2.20. The average Bonchev–Trinajstić information content (AvgIpc) is 2.81. The van der Waals surface area contributed by atoms with Gasteiger partial charge in [-0.3, -0.25) is 0 Å². The molecule has 106 valence electrons. The molecule has 1 saturated heterocycles. The third-order valence-corrected chi connectivity index (χ3v) is 4.64. The summed E-state index contributed by atoms with van der Waals surface area (Å²) in [6.07, 6.45) is 1.29. The number of nitrogens with zero attached hydrogens (tertiary/aromatic N) is 1. The highest BCUT2D eigenvalue weighted by molar-refractivity contribution is 9.10. The number of nitrogen functional groups attached to an aromatic ring is 1. The third kappa shape index (κ3) is 3.63. The number of aryl methyl sites for hydroxylation is 1. The molecule has 3 N–H and O–H groups in total. The maximum absolute atomic E-state index is 5.89. The number of nitrogens with one attached hydrogen (secondary N) is 1. The van der Waals surface area contributed by atoms with Crippen LogP contribution in [0.3, 0.4) is 0 Å². The second kappa shape index (κ2) is 6.14. The topological polar surface area (TPSA) is 41.3 Å². The summed E-state index contributed by atoms with van der Waals surface area (Å²) < 4.78 is 1.05. The molecule has 1 aliphatic heterocycles. The fourth-order valence-electron chi connectivity index (χ4n) is 2.58. The number of halogens is 1. The molecule has 19 heavy (non-hydrogen) atoms. The van der Waals surface area contributed by atoms with Gasteiger partial charge in [0.1, 0.15) is 0 Å². The Kier molecular flexibility index (Phi) is 4.74. The van der Waals surface area contributed by atoms with E-state index >= 15 is 0 Å². The minimum atomic E-state index is 0.663. The van der Waals surface area contributed by atoms with Crippen molar-refractivity contribution in [2.45, 2.75) is 33.2 Å². The van der Waals surface area contributed by atoms with E-state index in [1.807, 2.05) is 13.0 Å². The van der Waals surface area contributed by atoms with Crippen LogP contribution in [0.1, 0.15) is 25.8 Å². The van der Waals surface area contributed by atoms with E-state index in [1.54, 1.807) is 0 Å². The molecule has 0 radical (unpaired) electrons. The molecule has 1 fully saturated rings. The summed E-state index contributed by atoms with van der Waals surface area (Å²) >= 11 is 3.57. The van der Waals surface area contributed by atoms with Gasteiger partial charge in [0.05, 0.1) is 0 Å². The van der Waals surface area contributed by atoms with E-state index in [9.17, 15) is 0 Å². The van der Waals surface area contributed by atoms with Gasteiger partial charge in [0.25, 0.3) is 0 Å². The first-order valence-corrected chi connectivity index (χ1v) is 7.80. The molecule has 1 aliphatic rings. The first kappa shape index (κ1) is 14.7. The molecule has 0 aromatic heterocycles. The fourth-order valence-corrected chi connectivity index (χ4v) is 3.09. The molecule has 1 heterocycles.